The van der Waals surface area contributed by atoms with Gasteiger partial charge in [-0.2, -0.15) is 4.68 Å². The second-order valence-electron chi connectivity index (χ2n) is 6.01. The maximum Gasteiger partial charge on any atom is 0.355 e. The molecule has 1 aromatic heterocycles. The van der Waals surface area contributed by atoms with Gasteiger partial charge in [0.2, 0.25) is 5.95 Å². The molecule has 1 aliphatic rings. The normalized spacial score (nSPS) is 15.6. The molecule has 1 N–H and O–H groups in total. The molecular formula is C19H14FN5O3. The van der Waals surface area contributed by atoms with Gasteiger partial charge in [-0.1, -0.05) is 47.6 Å². The van der Waals surface area contributed by atoms with Gasteiger partial charge >= 0.3 is 5.97 Å². The molecule has 0 amide bonds. The molecule has 0 spiro atoms. The zero-order chi connectivity index (χ0) is 19.7. The first-order valence-electron chi connectivity index (χ1n) is 8.32. The molecule has 2 heterocycles. The van der Waals surface area contributed by atoms with Gasteiger partial charge in [-0.05, 0) is 28.1 Å². The predicted octanol–water partition coefficient (Wildman–Crippen LogP) is 2.14. The lowest BCUT2D eigenvalue weighted by molar-refractivity contribution is -0.136. The minimum absolute atomic E-state index is 0.0588. The van der Waals surface area contributed by atoms with E-state index in [-0.39, 0.29) is 17.2 Å². The first-order chi connectivity index (χ1) is 13.6. The van der Waals surface area contributed by atoms with Crippen LogP contribution in [0.25, 0.3) is 0 Å². The van der Waals surface area contributed by atoms with Crippen molar-refractivity contribution in [3.63, 3.8) is 0 Å². The topological polar surface area (TPSA) is 99.0 Å². The summed E-state index contributed by atoms with van der Waals surface area (Å²) in [5, 5.41) is 14.1. The third kappa shape index (κ3) is 2.92. The highest BCUT2D eigenvalue weighted by atomic mass is 19.1. The largest absolute Gasteiger partial charge is 0.464 e. The van der Waals surface area contributed by atoms with Crippen LogP contribution in [0.2, 0.25) is 0 Å². The zero-order valence-corrected chi connectivity index (χ0v) is 14.7. The molecule has 1 aliphatic heterocycles. The van der Waals surface area contributed by atoms with Crippen LogP contribution in [0.4, 0.5) is 10.3 Å². The van der Waals surface area contributed by atoms with Crippen LogP contribution >= 0.6 is 0 Å². The van der Waals surface area contributed by atoms with Gasteiger partial charge in [-0.3, -0.25) is 4.79 Å². The smallest absolute Gasteiger partial charge is 0.355 e. The zero-order valence-electron chi connectivity index (χ0n) is 14.7. The number of fused-ring (bicyclic) bond motifs is 1. The van der Waals surface area contributed by atoms with Gasteiger partial charge in [-0.25, -0.2) is 9.18 Å². The van der Waals surface area contributed by atoms with Crippen LogP contribution in [0.5, 0.6) is 0 Å². The standard InChI is InChI=1S/C19H14FN5O3/c1-28-18(27)15-14(17(26)11-6-3-2-4-7-11)16(12-8-5-9-13(20)10-12)25-19(21-15)22-23-24-25/h2-10,16H,1H3,(H,21,22,24)/t16-/m0/s1. The van der Waals surface area contributed by atoms with Gasteiger partial charge in [0.05, 0.1) is 12.7 Å². The lowest BCUT2D eigenvalue weighted by Gasteiger charge is -2.28. The van der Waals surface area contributed by atoms with Crippen LogP contribution in [-0.2, 0) is 9.53 Å². The average molecular weight is 379 g/mol. The highest BCUT2D eigenvalue weighted by Crippen LogP contribution is 2.36. The summed E-state index contributed by atoms with van der Waals surface area (Å²) in [7, 11) is 1.20. The number of tetrazole rings is 1. The summed E-state index contributed by atoms with van der Waals surface area (Å²) in [5.74, 6) is -1.53. The van der Waals surface area contributed by atoms with Gasteiger partial charge in [0, 0.05) is 5.56 Å². The molecule has 140 valence electrons. The van der Waals surface area contributed by atoms with E-state index >= 15 is 0 Å². The van der Waals surface area contributed by atoms with Crippen LogP contribution < -0.4 is 5.32 Å². The number of aromatic nitrogens is 4. The van der Waals surface area contributed by atoms with Gasteiger partial charge in [0.15, 0.2) is 5.78 Å². The molecule has 4 rings (SSSR count). The summed E-state index contributed by atoms with van der Waals surface area (Å²) in [6, 6.07) is 13.2. The summed E-state index contributed by atoms with van der Waals surface area (Å²) in [6.07, 6.45) is 0. The number of methoxy groups -OCH3 is 1. The quantitative estimate of drug-likeness (QED) is 0.548. The Balaban J connectivity index is 1.97. The highest BCUT2D eigenvalue weighted by Gasteiger charge is 2.38. The van der Waals surface area contributed by atoms with Crippen molar-refractivity contribution in [2.45, 2.75) is 6.04 Å². The summed E-state index contributed by atoms with van der Waals surface area (Å²) >= 11 is 0. The molecule has 1 atom stereocenters. The van der Waals surface area contributed by atoms with Gasteiger partial charge in [-0.15, -0.1) is 0 Å². The number of ether oxygens (including phenoxy) is 1. The van der Waals surface area contributed by atoms with Crippen molar-refractivity contribution < 1.29 is 18.7 Å². The van der Waals surface area contributed by atoms with Gasteiger partial charge in [0.1, 0.15) is 17.6 Å². The Labute approximate surface area is 158 Å². The van der Waals surface area contributed by atoms with Crippen molar-refractivity contribution in [1.82, 2.24) is 20.2 Å². The maximum atomic E-state index is 13.9. The van der Waals surface area contributed by atoms with Crippen LogP contribution in [0.3, 0.4) is 0 Å². The van der Waals surface area contributed by atoms with Crippen molar-refractivity contribution >= 4 is 17.7 Å². The van der Waals surface area contributed by atoms with E-state index in [2.05, 4.69) is 20.8 Å². The van der Waals surface area contributed by atoms with Crippen molar-refractivity contribution in [2.75, 3.05) is 12.4 Å². The monoisotopic (exact) mass is 379 g/mol. The third-order valence-corrected chi connectivity index (χ3v) is 4.35. The molecule has 3 aromatic rings. The molecular weight excluding hydrogens is 365 g/mol. The van der Waals surface area contributed by atoms with Gasteiger partial charge in [0.25, 0.3) is 0 Å². The van der Waals surface area contributed by atoms with Crippen molar-refractivity contribution in [1.29, 1.82) is 0 Å². The van der Waals surface area contributed by atoms with E-state index in [0.29, 0.717) is 11.1 Å². The number of hydrogen-bond acceptors (Lipinski definition) is 7. The van der Waals surface area contributed by atoms with Crippen LogP contribution in [0.1, 0.15) is 22.0 Å². The number of anilines is 1. The third-order valence-electron chi connectivity index (χ3n) is 4.35. The van der Waals surface area contributed by atoms with E-state index in [9.17, 15) is 14.0 Å². The molecule has 0 saturated carbocycles. The molecule has 0 unspecified atom stereocenters. The minimum Gasteiger partial charge on any atom is -0.464 e. The Bertz CT molecular complexity index is 1090. The first-order valence-corrected chi connectivity index (χ1v) is 8.32. The number of carbonyl (C=O) groups excluding carboxylic acids is 2. The summed E-state index contributed by atoms with van der Waals surface area (Å²) in [5.41, 5.74) is 0.741. The van der Waals surface area contributed by atoms with Crippen molar-refractivity contribution in [3.05, 3.63) is 82.8 Å². The average Bonchev–Trinajstić information content (AvgIpc) is 3.20. The Morgan fingerprint density at radius 3 is 2.64 bits per heavy atom. The summed E-state index contributed by atoms with van der Waals surface area (Å²) in [6.45, 7) is 0. The molecule has 9 heteroatoms. The molecule has 0 aliphatic carbocycles. The molecule has 2 aromatic carbocycles. The fourth-order valence-corrected chi connectivity index (χ4v) is 3.12. The summed E-state index contributed by atoms with van der Waals surface area (Å²) in [4.78, 5) is 25.8. The van der Waals surface area contributed by atoms with E-state index in [1.807, 2.05) is 0 Å². The molecule has 28 heavy (non-hydrogen) atoms. The number of carbonyl (C=O) groups is 2. The van der Waals surface area contributed by atoms with Crippen LogP contribution in [0.15, 0.2) is 65.9 Å². The molecule has 0 saturated heterocycles. The number of nitrogens with one attached hydrogen (secondary N) is 1. The second-order valence-corrected chi connectivity index (χ2v) is 6.01. The number of hydrogen-bond donors (Lipinski definition) is 1. The van der Waals surface area contributed by atoms with Crippen LogP contribution in [-0.4, -0.2) is 39.1 Å². The summed E-state index contributed by atoms with van der Waals surface area (Å²) < 4.78 is 20.1. The van der Waals surface area contributed by atoms with E-state index < -0.39 is 23.6 Å². The lowest BCUT2D eigenvalue weighted by Crippen LogP contribution is -2.33. The Morgan fingerprint density at radius 1 is 1.14 bits per heavy atom. The van der Waals surface area contributed by atoms with Crippen molar-refractivity contribution in [3.8, 4) is 0 Å². The molecule has 0 radical (unpaired) electrons. The van der Waals surface area contributed by atoms with Crippen molar-refractivity contribution in [2.24, 2.45) is 0 Å². The molecule has 0 bridgehead atoms. The SMILES string of the molecule is COC(=O)C1=C(C(=O)c2ccccc2)[C@H](c2cccc(F)c2)n2nnnc2N1. The fraction of sp³-hybridized carbons (Fsp3) is 0.105. The number of esters is 1. The van der Waals surface area contributed by atoms with Gasteiger partial charge < -0.3 is 10.1 Å². The number of halogens is 1. The number of rotatable bonds is 4. The molecule has 0 fully saturated rings. The Hall–Kier alpha value is -3.88. The number of Topliss-reactive ketones (excluding diaryl/α,β-unsaturated/α-hetero) is 1. The van der Waals surface area contributed by atoms with E-state index in [1.54, 1.807) is 36.4 Å². The molecule has 8 nitrogen and oxygen atoms in total. The lowest BCUT2D eigenvalue weighted by atomic mass is 9.89. The first kappa shape index (κ1) is 17.5. The number of ketones is 1. The number of allylic oxidation sites excluding steroid dienone is 1. The minimum atomic E-state index is -0.913. The highest BCUT2D eigenvalue weighted by molar-refractivity contribution is 6.14. The maximum absolute atomic E-state index is 13.9. The second kappa shape index (κ2) is 7.03. The van der Waals surface area contributed by atoms with E-state index in [4.69, 9.17) is 4.74 Å². The van der Waals surface area contributed by atoms with E-state index in [0.717, 1.165) is 0 Å². The fourth-order valence-electron chi connectivity index (χ4n) is 3.12. The Morgan fingerprint density at radius 2 is 1.93 bits per heavy atom. The predicted molar refractivity (Wildman–Crippen MR) is 95.8 cm³/mol. The van der Waals surface area contributed by atoms with Crippen LogP contribution in [0, 0.1) is 5.82 Å². The van der Waals surface area contributed by atoms with E-state index in [1.165, 1.54) is 30.0 Å². The number of nitrogens with zero attached hydrogens (tertiary/aromatic N) is 4. The number of benzene rings is 2. The Kier molecular flexibility index (Phi) is 4.40.